The number of hydrogen-bond acceptors (Lipinski definition) is 12. The highest BCUT2D eigenvalue weighted by Crippen LogP contribution is 2.76. The minimum atomic E-state index is -1.73. The zero-order valence-corrected chi connectivity index (χ0v) is 32.9. The molecule has 0 amide bonds. The summed E-state index contributed by atoms with van der Waals surface area (Å²) in [7, 11) is 0. The van der Waals surface area contributed by atoms with E-state index in [1.54, 1.807) is 0 Å². The summed E-state index contributed by atoms with van der Waals surface area (Å²) < 4.78 is 24.1. The van der Waals surface area contributed by atoms with Crippen molar-refractivity contribution < 1.29 is 64.6 Å². The van der Waals surface area contributed by atoms with Gasteiger partial charge in [0, 0.05) is 5.41 Å². The van der Waals surface area contributed by atoms with Crippen LogP contribution >= 0.6 is 0 Å². The van der Waals surface area contributed by atoms with Crippen molar-refractivity contribution in [2.45, 2.75) is 167 Å². The Balaban J connectivity index is 1.15. The molecule has 0 spiro atoms. The van der Waals surface area contributed by atoms with E-state index in [4.69, 9.17) is 18.9 Å². The lowest BCUT2D eigenvalue weighted by Crippen LogP contribution is -2.67. The summed E-state index contributed by atoms with van der Waals surface area (Å²) in [4.78, 5) is 13.0. The Morgan fingerprint density at radius 3 is 2.19 bits per heavy atom. The van der Waals surface area contributed by atoms with E-state index >= 15 is 0 Å². The van der Waals surface area contributed by atoms with E-state index in [0.717, 1.165) is 51.4 Å². The Morgan fingerprint density at radius 2 is 1.52 bits per heavy atom. The van der Waals surface area contributed by atoms with Gasteiger partial charge in [0.15, 0.2) is 12.6 Å². The summed E-state index contributed by atoms with van der Waals surface area (Å²) in [6, 6.07) is 0. The van der Waals surface area contributed by atoms with Crippen LogP contribution in [0.5, 0.6) is 0 Å². The fraction of sp³-hybridized carbons (Fsp3) is 0.927. The molecule has 5 aliphatic carbocycles. The standard InChI is InChI=1S/C41H66O13/c1-36(2)13-15-41(35(49)50)16-14-39(5)21(22(41)17-36)7-8-26-37(3)11-10-27(38(4,20-43)25(37)9-12-40(26,39)6)53-34-32(28(45)23(44)19-51-34)54-33-31(48)30(47)29(46)24(18-42)52-33/h7,22-34,42-48H,8-20H2,1-6H3,(H,49,50)/t22-,23+,24+,25+,26+,27+,28+,29+,30-,31+,32-,33-,34+,37-,38-,39+,40+,41-/m0/s1. The van der Waals surface area contributed by atoms with E-state index in [2.05, 4.69) is 47.6 Å². The molecule has 0 aromatic carbocycles. The lowest BCUT2D eigenvalue weighted by molar-refractivity contribution is -0.368. The first kappa shape index (κ1) is 40.9. The lowest BCUT2D eigenvalue weighted by atomic mass is 9.33. The highest BCUT2D eigenvalue weighted by atomic mass is 16.8. The van der Waals surface area contributed by atoms with Crippen LogP contribution < -0.4 is 0 Å². The predicted molar refractivity (Wildman–Crippen MR) is 193 cm³/mol. The van der Waals surface area contributed by atoms with Gasteiger partial charge >= 0.3 is 5.97 Å². The van der Waals surface area contributed by atoms with Crippen molar-refractivity contribution in [3.05, 3.63) is 11.6 Å². The van der Waals surface area contributed by atoms with Crippen molar-refractivity contribution in [3.8, 4) is 0 Å². The summed E-state index contributed by atoms with van der Waals surface area (Å²) in [5.41, 5.74) is -0.367. The molecule has 2 aliphatic heterocycles. The molecule has 308 valence electrons. The third-order valence-corrected chi connectivity index (χ3v) is 17.0. The van der Waals surface area contributed by atoms with Gasteiger partial charge in [-0.2, -0.15) is 0 Å². The van der Waals surface area contributed by atoms with E-state index in [9.17, 15) is 45.6 Å². The van der Waals surface area contributed by atoms with Crippen LogP contribution in [0, 0.1) is 50.2 Å². The molecule has 13 heteroatoms. The van der Waals surface area contributed by atoms with E-state index < -0.39 is 84.8 Å². The topological polar surface area (TPSA) is 216 Å². The first-order valence-corrected chi connectivity index (χ1v) is 20.4. The number of hydrogen-bond donors (Lipinski definition) is 8. The number of carboxylic acids is 1. The van der Waals surface area contributed by atoms with Gasteiger partial charge in [-0.15, -0.1) is 0 Å². The number of aliphatic carboxylic acids is 1. The van der Waals surface area contributed by atoms with Gasteiger partial charge in [0.05, 0.1) is 31.3 Å². The normalized spacial score (nSPS) is 54.3. The molecular weight excluding hydrogens is 700 g/mol. The fourth-order valence-corrected chi connectivity index (χ4v) is 13.4. The molecule has 2 heterocycles. The molecule has 2 saturated heterocycles. The zero-order chi connectivity index (χ0) is 39.4. The quantitative estimate of drug-likeness (QED) is 0.138. The Kier molecular flexibility index (Phi) is 10.6. The van der Waals surface area contributed by atoms with Crippen molar-refractivity contribution >= 4 is 5.97 Å². The van der Waals surface area contributed by atoms with Crippen LogP contribution in [0.25, 0.3) is 0 Å². The number of fused-ring (bicyclic) bond motifs is 7. The number of aliphatic hydroxyl groups excluding tert-OH is 7. The third-order valence-electron chi connectivity index (χ3n) is 17.0. The van der Waals surface area contributed by atoms with Crippen molar-refractivity contribution in [1.29, 1.82) is 0 Å². The van der Waals surface area contributed by atoms with Gasteiger partial charge in [0.25, 0.3) is 0 Å². The number of ether oxygens (including phenoxy) is 4. The summed E-state index contributed by atoms with van der Waals surface area (Å²) in [5, 5.41) is 84.7. The summed E-state index contributed by atoms with van der Waals surface area (Å²) in [6.45, 7) is 12.8. The highest BCUT2D eigenvalue weighted by Gasteiger charge is 2.70. The Morgan fingerprint density at radius 1 is 0.815 bits per heavy atom. The molecule has 8 N–H and O–H groups in total. The SMILES string of the molecule is CC1(C)CC[C@]2(C(=O)O)CC[C@]3(C)C(=CC[C@@H]4[C@@]5(C)CC[C@@H](O[C@H]6OC[C@@H](O)[C@@H](O)[C@@H]6O[C@@H]6O[C@H](CO)[C@@H](O)[C@H](O)[C@H]6O)[C@@](C)(CO)[C@@H]5CC[C@]43C)[C@@H]2C1. The largest absolute Gasteiger partial charge is 0.481 e. The van der Waals surface area contributed by atoms with E-state index in [-0.39, 0.29) is 46.7 Å². The molecule has 18 atom stereocenters. The summed E-state index contributed by atoms with van der Waals surface area (Å²) in [5.74, 6) is -0.265. The van der Waals surface area contributed by atoms with Crippen LogP contribution in [0.2, 0.25) is 0 Å². The van der Waals surface area contributed by atoms with Crippen LogP contribution in [0.15, 0.2) is 11.6 Å². The van der Waals surface area contributed by atoms with Crippen LogP contribution in [-0.4, -0.2) is 128 Å². The number of carbonyl (C=O) groups is 1. The second-order valence-electron chi connectivity index (χ2n) is 20.1. The first-order valence-electron chi connectivity index (χ1n) is 20.4. The number of allylic oxidation sites excluding steroid dienone is 2. The maximum absolute atomic E-state index is 13.0. The van der Waals surface area contributed by atoms with Crippen LogP contribution in [-0.2, 0) is 23.7 Å². The van der Waals surface area contributed by atoms with Crippen molar-refractivity contribution in [1.82, 2.24) is 0 Å². The highest BCUT2D eigenvalue weighted by molar-refractivity contribution is 5.76. The number of rotatable bonds is 7. The Hall–Kier alpha value is -1.23. The van der Waals surface area contributed by atoms with E-state index in [1.807, 2.05) is 0 Å². The van der Waals surface area contributed by atoms with Crippen LogP contribution in [0.4, 0.5) is 0 Å². The molecule has 6 fully saturated rings. The maximum atomic E-state index is 13.0. The summed E-state index contributed by atoms with van der Waals surface area (Å²) in [6.07, 6.45) is -3.32. The molecule has 54 heavy (non-hydrogen) atoms. The van der Waals surface area contributed by atoms with Gasteiger partial charge < -0.3 is 59.8 Å². The second-order valence-corrected chi connectivity index (χ2v) is 20.1. The van der Waals surface area contributed by atoms with Crippen molar-refractivity contribution in [2.75, 3.05) is 19.8 Å². The second kappa shape index (κ2) is 14.0. The van der Waals surface area contributed by atoms with Crippen LogP contribution in [0.3, 0.4) is 0 Å². The van der Waals surface area contributed by atoms with E-state index in [1.165, 1.54) is 5.57 Å². The third kappa shape index (κ3) is 5.92. The molecular formula is C41H66O13. The molecule has 4 saturated carbocycles. The molecule has 0 aromatic rings. The van der Waals surface area contributed by atoms with Gasteiger partial charge in [-0.05, 0) is 104 Å². The first-order chi connectivity index (χ1) is 25.2. The fourth-order valence-electron chi connectivity index (χ4n) is 13.4. The lowest BCUT2D eigenvalue weighted by Gasteiger charge is -2.71. The Labute approximate surface area is 319 Å². The van der Waals surface area contributed by atoms with E-state index in [0.29, 0.717) is 18.8 Å². The molecule has 7 rings (SSSR count). The average molecular weight is 767 g/mol. The summed E-state index contributed by atoms with van der Waals surface area (Å²) >= 11 is 0. The molecule has 0 aromatic heterocycles. The van der Waals surface area contributed by atoms with Crippen LogP contribution in [0.1, 0.15) is 106 Å². The van der Waals surface area contributed by atoms with Gasteiger partial charge in [-0.1, -0.05) is 53.2 Å². The molecule has 0 radical (unpaired) electrons. The van der Waals surface area contributed by atoms with Crippen molar-refractivity contribution in [2.24, 2.45) is 50.2 Å². The molecule has 0 unspecified atom stereocenters. The Bertz CT molecular complexity index is 1450. The predicted octanol–water partition coefficient (Wildman–Crippen LogP) is 2.49. The van der Waals surface area contributed by atoms with Gasteiger partial charge in [0.2, 0.25) is 0 Å². The molecule has 7 aliphatic rings. The minimum absolute atomic E-state index is 0.0233. The number of aliphatic hydroxyl groups is 7. The average Bonchev–Trinajstić information content (AvgIpc) is 3.12. The number of carboxylic acid groups (broad SMARTS) is 1. The molecule has 0 bridgehead atoms. The van der Waals surface area contributed by atoms with Gasteiger partial charge in [-0.25, -0.2) is 0 Å². The van der Waals surface area contributed by atoms with Gasteiger partial charge in [0.1, 0.15) is 42.7 Å². The van der Waals surface area contributed by atoms with Crippen molar-refractivity contribution in [3.63, 3.8) is 0 Å². The monoisotopic (exact) mass is 766 g/mol. The minimum Gasteiger partial charge on any atom is -0.481 e. The smallest absolute Gasteiger partial charge is 0.310 e. The van der Waals surface area contributed by atoms with Gasteiger partial charge in [-0.3, -0.25) is 4.79 Å². The zero-order valence-electron chi connectivity index (χ0n) is 32.9. The molecule has 13 nitrogen and oxygen atoms in total. The maximum Gasteiger partial charge on any atom is 0.310 e.